The zero-order chi connectivity index (χ0) is 18.6. The molecule has 0 radical (unpaired) electrons. The number of rotatable bonds is 7. The molecular weight excluding hydrogens is 340 g/mol. The van der Waals surface area contributed by atoms with E-state index in [1.54, 1.807) is 6.07 Å². The van der Waals surface area contributed by atoms with E-state index in [2.05, 4.69) is 5.32 Å². The number of hydrogen-bond acceptors (Lipinski definition) is 4. The summed E-state index contributed by atoms with van der Waals surface area (Å²) >= 11 is 0. The summed E-state index contributed by atoms with van der Waals surface area (Å²) < 4.78 is 31.6. The summed E-state index contributed by atoms with van der Waals surface area (Å²) in [4.78, 5) is 12.7. The average molecular weight is 368 g/mol. The highest BCUT2D eigenvalue weighted by molar-refractivity contribution is 7.92. The van der Waals surface area contributed by atoms with Crippen LogP contribution in [0.3, 0.4) is 0 Å². The molecule has 0 aromatic heterocycles. The van der Waals surface area contributed by atoms with Crippen molar-refractivity contribution in [1.82, 2.24) is 5.32 Å². The van der Waals surface area contributed by atoms with Crippen LogP contribution < -0.4 is 9.62 Å². The first-order valence-corrected chi connectivity index (χ1v) is 10.5. The number of benzene rings is 1. The molecule has 6 nitrogen and oxygen atoms in total. The summed E-state index contributed by atoms with van der Waals surface area (Å²) in [6.45, 7) is 6.85. The Morgan fingerprint density at radius 2 is 2.08 bits per heavy atom. The zero-order valence-corrected chi connectivity index (χ0v) is 16.2. The Labute approximate surface area is 150 Å². The Morgan fingerprint density at radius 1 is 1.36 bits per heavy atom. The van der Waals surface area contributed by atoms with Crippen LogP contribution in [0.5, 0.6) is 0 Å². The lowest BCUT2D eigenvalue weighted by atomic mass is 10.1. The van der Waals surface area contributed by atoms with Gasteiger partial charge in [0.05, 0.1) is 18.0 Å². The predicted molar refractivity (Wildman–Crippen MR) is 99.3 cm³/mol. The minimum Gasteiger partial charge on any atom is -0.376 e. The van der Waals surface area contributed by atoms with E-state index in [0.717, 1.165) is 36.8 Å². The Morgan fingerprint density at radius 3 is 2.60 bits per heavy atom. The van der Waals surface area contributed by atoms with Gasteiger partial charge in [0.25, 0.3) is 0 Å². The van der Waals surface area contributed by atoms with Gasteiger partial charge in [0.1, 0.15) is 6.04 Å². The highest BCUT2D eigenvalue weighted by Gasteiger charge is 2.32. The van der Waals surface area contributed by atoms with Crippen LogP contribution in [0, 0.1) is 13.8 Å². The molecule has 140 valence electrons. The Bertz CT molecular complexity index is 712. The fraction of sp³-hybridized carbons (Fsp3) is 0.611. The fourth-order valence-electron chi connectivity index (χ4n) is 3.06. The van der Waals surface area contributed by atoms with Gasteiger partial charge < -0.3 is 10.1 Å². The molecule has 0 bridgehead atoms. The SMILES string of the molecule is CC[C@@H](C(=O)NC[C@@H]1CCCO1)N(c1ccc(C)c(C)c1)S(C)(=O)=O. The topological polar surface area (TPSA) is 75.7 Å². The predicted octanol–water partition coefficient (Wildman–Crippen LogP) is 2.14. The molecule has 0 saturated carbocycles. The van der Waals surface area contributed by atoms with Crippen LogP contribution in [0.1, 0.15) is 37.3 Å². The zero-order valence-electron chi connectivity index (χ0n) is 15.4. The molecule has 1 aromatic rings. The molecule has 1 amide bonds. The van der Waals surface area contributed by atoms with E-state index >= 15 is 0 Å². The maximum absolute atomic E-state index is 12.7. The van der Waals surface area contributed by atoms with E-state index in [1.807, 2.05) is 32.9 Å². The number of nitrogens with one attached hydrogen (secondary N) is 1. The molecule has 2 atom stereocenters. The normalized spacial score (nSPS) is 18.8. The maximum atomic E-state index is 12.7. The minimum atomic E-state index is -3.60. The van der Waals surface area contributed by atoms with Crippen LogP contribution in [-0.2, 0) is 19.6 Å². The van der Waals surface area contributed by atoms with Gasteiger partial charge in [0, 0.05) is 13.2 Å². The van der Waals surface area contributed by atoms with E-state index in [1.165, 1.54) is 4.31 Å². The third-order valence-electron chi connectivity index (χ3n) is 4.60. The van der Waals surface area contributed by atoms with Gasteiger partial charge in [0.15, 0.2) is 0 Å². The number of ether oxygens (including phenoxy) is 1. The molecule has 1 N–H and O–H groups in total. The van der Waals surface area contributed by atoms with Crippen LogP contribution in [-0.4, -0.2) is 45.9 Å². The smallest absolute Gasteiger partial charge is 0.243 e. The molecule has 7 heteroatoms. The van der Waals surface area contributed by atoms with Gasteiger partial charge in [-0.3, -0.25) is 9.10 Å². The van der Waals surface area contributed by atoms with Crippen molar-refractivity contribution in [2.24, 2.45) is 0 Å². The second-order valence-electron chi connectivity index (χ2n) is 6.63. The van der Waals surface area contributed by atoms with Gasteiger partial charge >= 0.3 is 0 Å². The van der Waals surface area contributed by atoms with Gasteiger partial charge in [-0.05, 0) is 56.4 Å². The molecule has 2 rings (SSSR count). The summed E-state index contributed by atoms with van der Waals surface area (Å²) in [6.07, 6.45) is 3.46. The quantitative estimate of drug-likeness (QED) is 0.800. The third-order valence-corrected chi connectivity index (χ3v) is 5.78. The summed E-state index contributed by atoms with van der Waals surface area (Å²) in [5, 5.41) is 2.85. The molecular formula is C18H28N2O4S. The first-order valence-electron chi connectivity index (χ1n) is 8.70. The van der Waals surface area contributed by atoms with Crippen LogP contribution in [0.4, 0.5) is 5.69 Å². The molecule has 1 aliphatic rings. The molecule has 0 unspecified atom stereocenters. The molecule has 1 aromatic carbocycles. The Balaban J connectivity index is 2.24. The molecule has 1 fully saturated rings. The van der Waals surface area contributed by atoms with Crippen LogP contribution >= 0.6 is 0 Å². The van der Waals surface area contributed by atoms with Crippen LogP contribution in [0.15, 0.2) is 18.2 Å². The van der Waals surface area contributed by atoms with Crippen molar-refractivity contribution in [3.05, 3.63) is 29.3 Å². The van der Waals surface area contributed by atoms with Crippen molar-refractivity contribution < 1.29 is 17.9 Å². The number of hydrogen-bond donors (Lipinski definition) is 1. The number of carbonyl (C=O) groups is 1. The minimum absolute atomic E-state index is 0.0229. The Kier molecular flexibility index (Phi) is 6.46. The number of carbonyl (C=O) groups excluding carboxylic acids is 1. The van der Waals surface area contributed by atoms with Crippen LogP contribution in [0.25, 0.3) is 0 Å². The van der Waals surface area contributed by atoms with Crippen molar-refractivity contribution in [1.29, 1.82) is 0 Å². The third kappa shape index (κ3) is 4.95. The van der Waals surface area contributed by atoms with Crippen molar-refractivity contribution in [3.63, 3.8) is 0 Å². The lowest BCUT2D eigenvalue weighted by molar-refractivity contribution is -0.122. The number of aryl methyl sites for hydroxylation is 2. The molecule has 0 spiro atoms. The lowest BCUT2D eigenvalue weighted by Gasteiger charge is -2.30. The summed E-state index contributed by atoms with van der Waals surface area (Å²) in [6, 6.07) is 4.66. The highest BCUT2D eigenvalue weighted by Crippen LogP contribution is 2.25. The number of nitrogens with zero attached hydrogens (tertiary/aromatic N) is 1. The van der Waals surface area contributed by atoms with Crippen LogP contribution in [0.2, 0.25) is 0 Å². The number of sulfonamides is 1. The number of amides is 1. The summed E-state index contributed by atoms with van der Waals surface area (Å²) in [5.41, 5.74) is 2.58. The van der Waals surface area contributed by atoms with Gasteiger partial charge in [-0.15, -0.1) is 0 Å². The highest BCUT2D eigenvalue weighted by atomic mass is 32.2. The molecule has 25 heavy (non-hydrogen) atoms. The monoisotopic (exact) mass is 368 g/mol. The van der Waals surface area contributed by atoms with Crippen molar-refractivity contribution in [3.8, 4) is 0 Å². The van der Waals surface area contributed by atoms with E-state index in [-0.39, 0.29) is 12.0 Å². The maximum Gasteiger partial charge on any atom is 0.243 e. The average Bonchev–Trinajstić information content (AvgIpc) is 3.05. The molecule has 1 aliphatic heterocycles. The molecule has 1 heterocycles. The van der Waals surface area contributed by atoms with Crippen molar-refractivity contribution in [2.45, 2.75) is 52.2 Å². The van der Waals surface area contributed by atoms with Crippen molar-refractivity contribution in [2.75, 3.05) is 23.7 Å². The number of anilines is 1. The van der Waals surface area contributed by atoms with E-state index in [4.69, 9.17) is 4.74 Å². The van der Waals surface area contributed by atoms with Gasteiger partial charge in [-0.25, -0.2) is 8.42 Å². The first-order chi connectivity index (χ1) is 11.7. The summed E-state index contributed by atoms with van der Waals surface area (Å²) in [7, 11) is -3.60. The van der Waals surface area contributed by atoms with E-state index in [0.29, 0.717) is 18.7 Å². The van der Waals surface area contributed by atoms with Gasteiger partial charge in [-0.2, -0.15) is 0 Å². The Hall–Kier alpha value is -1.60. The largest absolute Gasteiger partial charge is 0.376 e. The molecule has 1 saturated heterocycles. The fourth-order valence-corrected chi connectivity index (χ4v) is 4.26. The first kappa shape index (κ1) is 19.7. The second kappa shape index (κ2) is 8.19. The van der Waals surface area contributed by atoms with E-state index in [9.17, 15) is 13.2 Å². The summed E-state index contributed by atoms with van der Waals surface area (Å²) in [5.74, 6) is -0.290. The standard InChI is InChI=1S/C18H28N2O4S/c1-5-17(18(21)19-12-16-7-6-10-24-16)20(25(4,22)23)15-9-8-13(2)14(3)11-15/h8-9,11,16-17H,5-7,10,12H2,1-4H3,(H,19,21)/t16-,17-/m0/s1. The lowest BCUT2D eigenvalue weighted by Crippen LogP contribution is -2.50. The second-order valence-corrected chi connectivity index (χ2v) is 8.49. The molecule has 0 aliphatic carbocycles. The van der Waals surface area contributed by atoms with Gasteiger partial charge in [0.2, 0.25) is 15.9 Å². The van der Waals surface area contributed by atoms with Gasteiger partial charge in [-0.1, -0.05) is 13.0 Å². The van der Waals surface area contributed by atoms with Crippen molar-refractivity contribution >= 4 is 21.6 Å². The van der Waals surface area contributed by atoms with E-state index < -0.39 is 16.1 Å².